The first-order chi connectivity index (χ1) is 17.0. The quantitative estimate of drug-likeness (QED) is 0.544. The summed E-state index contributed by atoms with van der Waals surface area (Å²) in [5, 5.41) is 13.5. The minimum absolute atomic E-state index is 0.0981. The van der Waals surface area contributed by atoms with E-state index in [1.54, 1.807) is 0 Å². The third-order valence-corrected chi connectivity index (χ3v) is 7.13. The molecule has 1 N–H and O–H groups in total. The second-order valence-electron chi connectivity index (χ2n) is 9.39. The van der Waals surface area contributed by atoms with Crippen LogP contribution in [0.5, 0.6) is 0 Å². The number of carboxylic acid groups (broad SMARTS) is 1. The Bertz CT molecular complexity index is 1250. The molecule has 0 aliphatic carbocycles. The van der Waals surface area contributed by atoms with Gasteiger partial charge in [0.15, 0.2) is 0 Å². The Morgan fingerprint density at radius 1 is 1.08 bits per heavy atom. The fourth-order valence-electron chi connectivity index (χ4n) is 5.00. The summed E-state index contributed by atoms with van der Waals surface area (Å²) in [7, 11) is 0. The average Bonchev–Trinajstić information content (AvgIpc) is 3.17. The fraction of sp³-hybridized carbons (Fsp3) is 0.423. The van der Waals surface area contributed by atoms with Gasteiger partial charge in [-0.2, -0.15) is 13.2 Å². The van der Waals surface area contributed by atoms with E-state index in [0.717, 1.165) is 67.8 Å². The highest BCUT2D eigenvalue weighted by atomic mass is 19.4. The number of piperidine rings is 1. The summed E-state index contributed by atoms with van der Waals surface area (Å²) in [6.07, 6.45) is -1.73. The van der Waals surface area contributed by atoms with Gasteiger partial charge in [-0.15, -0.1) is 0 Å². The van der Waals surface area contributed by atoms with Crippen molar-refractivity contribution in [1.29, 1.82) is 0 Å². The molecule has 1 atom stereocenters. The predicted octanol–water partition coefficient (Wildman–Crippen LogP) is 4.96. The van der Waals surface area contributed by atoms with E-state index >= 15 is 0 Å². The number of hydrogen-bond donors (Lipinski definition) is 1. The number of carbonyl (C=O) groups is 2. The van der Waals surface area contributed by atoms with Crippen molar-refractivity contribution < 1.29 is 32.4 Å². The van der Waals surface area contributed by atoms with Crippen LogP contribution >= 0.6 is 0 Å². The van der Waals surface area contributed by atoms with Gasteiger partial charge in [0.05, 0.1) is 5.69 Å². The molecule has 7 nitrogen and oxygen atoms in total. The molecule has 0 radical (unpaired) electrons. The van der Waals surface area contributed by atoms with Crippen molar-refractivity contribution in [2.24, 2.45) is 0 Å². The van der Waals surface area contributed by atoms with Crippen LogP contribution < -0.4 is 0 Å². The third kappa shape index (κ3) is 5.23. The number of benzene rings is 2. The summed E-state index contributed by atoms with van der Waals surface area (Å²) < 4.78 is 37.1. The van der Waals surface area contributed by atoms with Crippen molar-refractivity contribution in [2.75, 3.05) is 19.6 Å². The highest BCUT2D eigenvalue weighted by Gasteiger charge is 2.48. The number of amides is 1. The molecule has 1 aromatic heterocycles. The van der Waals surface area contributed by atoms with Crippen molar-refractivity contribution in [3.8, 4) is 0 Å². The number of aromatic nitrogens is 1. The zero-order valence-corrected chi connectivity index (χ0v) is 20.1. The Balaban J connectivity index is 0.000000384. The third-order valence-electron chi connectivity index (χ3n) is 7.13. The van der Waals surface area contributed by atoms with Gasteiger partial charge in [-0.1, -0.05) is 35.5 Å². The number of carboxylic acids is 1. The highest BCUT2D eigenvalue weighted by molar-refractivity contribution is 5.98. The lowest BCUT2D eigenvalue weighted by Gasteiger charge is -2.57. The first kappa shape index (κ1) is 25.7. The van der Waals surface area contributed by atoms with E-state index in [9.17, 15) is 18.0 Å². The SMILES string of the molecule is Cc1noc(C)c1CN1CCC12CCCN(C(=O)c1ccc3ccccc3c1)C2.O=C(O)C(F)(F)F. The molecule has 1 unspecified atom stereocenters. The fourth-order valence-corrected chi connectivity index (χ4v) is 5.00. The Morgan fingerprint density at radius 3 is 2.36 bits per heavy atom. The van der Waals surface area contributed by atoms with Crippen LogP contribution in [0.15, 0.2) is 47.0 Å². The molecule has 0 saturated carbocycles. The molecular formula is C26H28F3N3O4. The van der Waals surface area contributed by atoms with Gasteiger partial charge in [0.1, 0.15) is 5.76 Å². The van der Waals surface area contributed by atoms with E-state index < -0.39 is 12.1 Å². The Kier molecular flexibility index (Phi) is 7.08. The van der Waals surface area contributed by atoms with Crippen molar-refractivity contribution in [3.63, 3.8) is 0 Å². The topological polar surface area (TPSA) is 86.9 Å². The molecule has 5 rings (SSSR count). The Hall–Kier alpha value is -3.40. The van der Waals surface area contributed by atoms with Crippen LogP contribution in [-0.4, -0.2) is 63.3 Å². The number of fused-ring (bicyclic) bond motifs is 1. The molecule has 1 spiro atoms. The number of aliphatic carboxylic acids is 1. The minimum Gasteiger partial charge on any atom is -0.475 e. The lowest BCUT2D eigenvalue weighted by molar-refractivity contribution is -0.192. The van der Waals surface area contributed by atoms with Crippen molar-refractivity contribution in [2.45, 2.75) is 51.4 Å². The number of nitrogens with zero attached hydrogens (tertiary/aromatic N) is 3. The number of alkyl halides is 3. The summed E-state index contributed by atoms with van der Waals surface area (Å²) in [5.74, 6) is -1.70. The predicted molar refractivity (Wildman–Crippen MR) is 127 cm³/mol. The van der Waals surface area contributed by atoms with Crippen LogP contribution in [-0.2, 0) is 11.3 Å². The van der Waals surface area contributed by atoms with Crippen molar-refractivity contribution >= 4 is 22.6 Å². The Morgan fingerprint density at radius 2 is 1.78 bits per heavy atom. The second kappa shape index (κ2) is 9.93. The van der Waals surface area contributed by atoms with Gasteiger partial charge in [0.25, 0.3) is 5.91 Å². The second-order valence-corrected chi connectivity index (χ2v) is 9.39. The highest BCUT2D eigenvalue weighted by Crippen LogP contribution is 2.40. The van der Waals surface area contributed by atoms with E-state index in [2.05, 4.69) is 33.2 Å². The minimum atomic E-state index is -5.08. The van der Waals surface area contributed by atoms with Crippen LogP contribution in [0, 0.1) is 13.8 Å². The smallest absolute Gasteiger partial charge is 0.475 e. The summed E-state index contributed by atoms with van der Waals surface area (Å²) >= 11 is 0. The molecular weight excluding hydrogens is 475 g/mol. The first-order valence-electron chi connectivity index (χ1n) is 11.8. The van der Waals surface area contributed by atoms with Gasteiger partial charge in [0, 0.05) is 42.8 Å². The maximum absolute atomic E-state index is 13.3. The molecule has 2 saturated heterocycles. The van der Waals surface area contributed by atoms with Crippen LogP contribution in [0.1, 0.15) is 46.6 Å². The van der Waals surface area contributed by atoms with Gasteiger partial charge < -0.3 is 14.5 Å². The molecule has 2 fully saturated rings. The maximum Gasteiger partial charge on any atom is 0.490 e. The van der Waals surface area contributed by atoms with Gasteiger partial charge in [0.2, 0.25) is 0 Å². The van der Waals surface area contributed by atoms with E-state index in [4.69, 9.17) is 14.4 Å². The van der Waals surface area contributed by atoms with Crippen LogP contribution in [0.4, 0.5) is 13.2 Å². The number of carbonyl (C=O) groups excluding carboxylic acids is 1. The van der Waals surface area contributed by atoms with Crippen LogP contribution in [0.3, 0.4) is 0 Å². The van der Waals surface area contributed by atoms with Gasteiger partial charge in [-0.25, -0.2) is 4.79 Å². The van der Waals surface area contributed by atoms with Gasteiger partial charge in [-0.05, 0) is 56.0 Å². The summed E-state index contributed by atoms with van der Waals surface area (Å²) in [4.78, 5) is 26.8. The molecule has 3 heterocycles. The average molecular weight is 504 g/mol. The molecule has 36 heavy (non-hydrogen) atoms. The molecule has 2 aliphatic heterocycles. The maximum atomic E-state index is 13.3. The monoisotopic (exact) mass is 503 g/mol. The van der Waals surface area contributed by atoms with Crippen LogP contribution in [0.25, 0.3) is 10.8 Å². The van der Waals surface area contributed by atoms with E-state index in [1.165, 1.54) is 10.9 Å². The van der Waals surface area contributed by atoms with E-state index in [1.807, 2.05) is 38.1 Å². The first-order valence-corrected chi connectivity index (χ1v) is 11.8. The standard InChI is InChI=1S/C24H27N3O2.C2HF3O2/c1-17-22(18(2)29-25-17)15-27-13-11-24(27)10-5-12-26(16-24)23(28)21-9-8-19-6-3-4-7-20(19)14-21;3-2(4,5)1(6)7/h3-4,6-9,14H,5,10-13,15-16H2,1-2H3;(H,6,7). The van der Waals surface area contributed by atoms with E-state index in [-0.39, 0.29) is 11.4 Å². The largest absolute Gasteiger partial charge is 0.490 e. The lowest BCUT2D eigenvalue weighted by atomic mass is 9.77. The number of likely N-dealkylation sites (tertiary alicyclic amines) is 2. The molecule has 1 amide bonds. The molecule has 0 bridgehead atoms. The number of halogens is 3. The zero-order chi connectivity index (χ0) is 26.1. The zero-order valence-electron chi connectivity index (χ0n) is 20.1. The number of aryl methyl sites for hydroxylation is 2. The van der Waals surface area contributed by atoms with Crippen molar-refractivity contribution in [3.05, 3.63) is 65.0 Å². The summed E-state index contributed by atoms with van der Waals surface area (Å²) in [6, 6.07) is 14.3. The van der Waals surface area contributed by atoms with Crippen molar-refractivity contribution in [1.82, 2.24) is 15.0 Å². The van der Waals surface area contributed by atoms with Gasteiger partial charge in [-0.3, -0.25) is 9.69 Å². The molecule has 3 aromatic rings. The molecule has 2 aromatic carbocycles. The number of rotatable bonds is 3. The number of hydrogen-bond acceptors (Lipinski definition) is 5. The Labute approximate surface area is 206 Å². The van der Waals surface area contributed by atoms with E-state index in [0.29, 0.717) is 0 Å². The van der Waals surface area contributed by atoms with Crippen LogP contribution in [0.2, 0.25) is 0 Å². The molecule has 192 valence electrons. The lowest BCUT2D eigenvalue weighted by Crippen LogP contribution is -2.67. The molecule has 10 heteroatoms. The summed E-state index contributed by atoms with van der Waals surface area (Å²) in [5.41, 5.74) is 3.06. The summed E-state index contributed by atoms with van der Waals surface area (Å²) in [6.45, 7) is 7.57. The van der Waals surface area contributed by atoms with Gasteiger partial charge >= 0.3 is 12.1 Å². The molecule has 2 aliphatic rings. The normalized spacial score (nSPS) is 20.1.